The van der Waals surface area contributed by atoms with Crippen LogP contribution in [0.4, 0.5) is 0 Å². The molecule has 0 N–H and O–H groups in total. The van der Waals surface area contributed by atoms with Gasteiger partial charge in [-0.2, -0.15) is 0 Å². The molecule has 2 aromatic heterocycles. The van der Waals surface area contributed by atoms with Crippen LogP contribution in [0, 0.1) is 46.3 Å². The molecule has 0 spiro atoms. The van der Waals surface area contributed by atoms with E-state index in [1.807, 2.05) is 0 Å². The first-order valence-electron chi connectivity index (χ1n) is 15.7. The van der Waals surface area contributed by atoms with Gasteiger partial charge in [-0.3, -0.25) is 9.97 Å². The van der Waals surface area contributed by atoms with E-state index in [0.717, 1.165) is 35.5 Å². The van der Waals surface area contributed by atoms with E-state index in [0.29, 0.717) is 35.7 Å². The fraction of sp³-hybridized carbons (Fsp3) is 0.647. The summed E-state index contributed by atoms with van der Waals surface area (Å²) in [7, 11) is 0. The second kappa shape index (κ2) is 9.39. The number of ether oxygens (including phenoxy) is 2. The molecule has 8 bridgehead atoms. The molecular weight excluding hydrogens is 500 g/mol. The van der Waals surface area contributed by atoms with E-state index >= 15 is 0 Å². The van der Waals surface area contributed by atoms with Gasteiger partial charge in [0.15, 0.2) is 0 Å². The number of hydrogen-bond acceptors (Lipinski definition) is 6. The van der Waals surface area contributed by atoms with Gasteiger partial charge in [-0.25, -0.2) is 9.59 Å². The van der Waals surface area contributed by atoms with Gasteiger partial charge in [0.2, 0.25) is 0 Å². The van der Waals surface area contributed by atoms with Crippen LogP contribution in [0.25, 0.3) is 11.4 Å². The second-order valence-corrected chi connectivity index (χ2v) is 14.8. The Labute approximate surface area is 236 Å². The molecule has 8 saturated carbocycles. The molecule has 6 heteroatoms. The summed E-state index contributed by atoms with van der Waals surface area (Å²) in [4.78, 5) is 35.1. The normalized spacial score (nSPS) is 38.4. The third-order valence-corrected chi connectivity index (χ3v) is 11.6. The first-order valence-corrected chi connectivity index (χ1v) is 15.7. The standard InChI is InChI=1S/C34H40N2O4/c37-31(39-19-33-13-21-5-22(14-33)7-23(6-21)15-33)27-1-3-35-29(11-27)30-12-28(2-4-36-30)32(38)40-20-34-16-24-8-25(17-34)10-26(9-24)18-34/h1-4,11-12,21-26H,5-10,13-20H2. The van der Waals surface area contributed by atoms with E-state index < -0.39 is 0 Å². The van der Waals surface area contributed by atoms with Crippen LogP contribution in [-0.2, 0) is 9.47 Å². The van der Waals surface area contributed by atoms with Crippen molar-refractivity contribution in [3.05, 3.63) is 47.8 Å². The zero-order valence-corrected chi connectivity index (χ0v) is 23.4. The molecule has 6 nitrogen and oxygen atoms in total. The SMILES string of the molecule is O=C(OCC12CC3CC(CC(C3)C1)C2)c1ccnc(-c2cc(C(=O)OCC34CC5CC(CC(C5)C3)C4)ccn2)c1. The molecule has 0 aliphatic heterocycles. The van der Waals surface area contributed by atoms with Crippen LogP contribution in [0.2, 0.25) is 0 Å². The molecule has 2 heterocycles. The number of carbonyl (C=O) groups is 2. The third-order valence-electron chi connectivity index (χ3n) is 11.6. The van der Waals surface area contributed by atoms with Crippen molar-refractivity contribution in [2.45, 2.75) is 77.0 Å². The van der Waals surface area contributed by atoms with Gasteiger partial charge in [-0.15, -0.1) is 0 Å². The van der Waals surface area contributed by atoms with E-state index in [1.54, 1.807) is 36.7 Å². The summed E-state index contributed by atoms with van der Waals surface area (Å²) < 4.78 is 11.9. The average molecular weight is 541 g/mol. The van der Waals surface area contributed by atoms with E-state index in [1.165, 1.54) is 77.0 Å². The second-order valence-electron chi connectivity index (χ2n) is 14.8. The summed E-state index contributed by atoms with van der Waals surface area (Å²) >= 11 is 0. The number of carbonyl (C=O) groups excluding carboxylic acids is 2. The summed E-state index contributed by atoms with van der Waals surface area (Å²) in [6.45, 7) is 1.05. The Hall–Kier alpha value is -2.76. The summed E-state index contributed by atoms with van der Waals surface area (Å²) in [6, 6.07) is 6.87. The highest BCUT2D eigenvalue weighted by Gasteiger charge is 2.52. The summed E-state index contributed by atoms with van der Waals surface area (Å²) in [6.07, 6.45) is 18.8. The molecule has 0 amide bonds. The molecule has 40 heavy (non-hydrogen) atoms. The molecule has 0 aromatic carbocycles. The van der Waals surface area contributed by atoms with Crippen molar-refractivity contribution in [3.63, 3.8) is 0 Å². The van der Waals surface area contributed by atoms with Crippen LogP contribution in [0.5, 0.6) is 0 Å². The molecule has 2 aromatic rings. The van der Waals surface area contributed by atoms with Crippen molar-refractivity contribution in [1.29, 1.82) is 0 Å². The number of rotatable bonds is 7. The molecular formula is C34H40N2O4. The smallest absolute Gasteiger partial charge is 0.338 e. The zero-order chi connectivity index (χ0) is 26.9. The van der Waals surface area contributed by atoms with E-state index in [4.69, 9.17) is 9.47 Å². The van der Waals surface area contributed by atoms with Crippen LogP contribution < -0.4 is 0 Å². The van der Waals surface area contributed by atoms with Crippen LogP contribution in [0.1, 0.15) is 97.8 Å². The molecule has 10 rings (SSSR count). The van der Waals surface area contributed by atoms with E-state index in [9.17, 15) is 9.59 Å². The molecule has 8 fully saturated rings. The minimum atomic E-state index is -0.300. The lowest BCUT2D eigenvalue weighted by atomic mass is 9.50. The fourth-order valence-corrected chi connectivity index (χ4v) is 10.9. The number of aromatic nitrogens is 2. The maximum absolute atomic E-state index is 13.1. The van der Waals surface area contributed by atoms with Crippen LogP contribution >= 0.6 is 0 Å². The lowest BCUT2D eigenvalue weighted by Crippen LogP contribution is -2.48. The highest BCUT2D eigenvalue weighted by Crippen LogP contribution is 2.61. The van der Waals surface area contributed by atoms with Crippen LogP contribution in [0.15, 0.2) is 36.7 Å². The summed E-state index contributed by atoms with van der Waals surface area (Å²) in [5.41, 5.74) is 2.44. The predicted molar refractivity (Wildman–Crippen MR) is 149 cm³/mol. The Bertz CT molecular complexity index is 1160. The molecule has 0 unspecified atom stereocenters. The third kappa shape index (κ3) is 4.55. The summed E-state index contributed by atoms with van der Waals surface area (Å²) in [5.74, 6) is 4.37. The highest BCUT2D eigenvalue weighted by atomic mass is 16.5. The van der Waals surface area contributed by atoms with Crippen LogP contribution in [0.3, 0.4) is 0 Å². The van der Waals surface area contributed by atoms with Crippen molar-refractivity contribution in [1.82, 2.24) is 9.97 Å². The number of nitrogens with zero attached hydrogens (tertiary/aromatic N) is 2. The predicted octanol–water partition coefficient (Wildman–Crippen LogP) is 6.89. The Morgan fingerprint density at radius 1 is 0.600 bits per heavy atom. The van der Waals surface area contributed by atoms with Crippen molar-refractivity contribution in [2.75, 3.05) is 13.2 Å². The first-order chi connectivity index (χ1) is 19.4. The zero-order valence-electron chi connectivity index (χ0n) is 23.4. The monoisotopic (exact) mass is 540 g/mol. The van der Waals surface area contributed by atoms with Gasteiger partial charge in [0.25, 0.3) is 0 Å². The van der Waals surface area contributed by atoms with Crippen molar-refractivity contribution < 1.29 is 19.1 Å². The molecule has 0 radical (unpaired) electrons. The van der Waals surface area contributed by atoms with Gasteiger partial charge in [-0.05, 0) is 137 Å². The van der Waals surface area contributed by atoms with Gasteiger partial charge in [0.1, 0.15) is 0 Å². The maximum Gasteiger partial charge on any atom is 0.338 e. The van der Waals surface area contributed by atoms with E-state index in [-0.39, 0.29) is 22.8 Å². The fourth-order valence-electron chi connectivity index (χ4n) is 10.9. The molecule has 8 aliphatic carbocycles. The minimum Gasteiger partial charge on any atom is -0.462 e. The van der Waals surface area contributed by atoms with Gasteiger partial charge < -0.3 is 9.47 Å². The van der Waals surface area contributed by atoms with Gasteiger partial charge in [0.05, 0.1) is 35.7 Å². The number of esters is 2. The maximum atomic E-state index is 13.1. The molecule has 210 valence electrons. The Kier molecular flexibility index (Phi) is 5.86. The number of hydrogen-bond donors (Lipinski definition) is 0. The molecule has 0 saturated heterocycles. The van der Waals surface area contributed by atoms with Crippen molar-refractivity contribution in [2.24, 2.45) is 46.3 Å². The topological polar surface area (TPSA) is 78.4 Å². The Morgan fingerprint density at radius 2 is 0.925 bits per heavy atom. The average Bonchev–Trinajstić information content (AvgIpc) is 2.93. The Morgan fingerprint density at radius 3 is 1.25 bits per heavy atom. The number of pyridine rings is 2. The quantitative estimate of drug-likeness (QED) is 0.356. The molecule has 8 aliphatic rings. The minimum absolute atomic E-state index is 0.187. The van der Waals surface area contributed by atoms with Gasteiger partial charge >= 0.3 is 11.9 Å². The van der Waals surface area contributed by atoms with Gasteiger partial charge in [-0.1, -0.05) is 0 Å². The lowest BCUT2D eigenvalue weighted by Gasteiger charge is -2.56. The Balaban J connectivity index is 0.925. The highest BCUT2D eigenvalue weighted by molar-refractivity contribution is 5.92. The summed E-state index contributed by atoms with van der Waals surface area (Å²) in [5, 5.41) is 0. The van der Waals surface area contributed by atoms with Gasteiger partial charge in [0, 0.05) is 23.2 Å². The largest absolute Gasteiger partial charge is 0.462 e. The molecule has 0 atom stereocenters. The van der Waals surface area contributed by atoms with Crippen LogP contribution in [-0.4, -0.2) is 35.1 Å². The van der Waals surface area contributed by atoms with E-state index in [2.05, 4.69) is 9.97 Å². The lowest BCUT2D eigenvalue weighted by molar-refractivity contribution is -0.0848. The van der Waals surface area contributed by atoms with Crippen molar-refractivity contribution >= 4 is 11.9 Å². The van der Waals surface area contributed by atoms with Crippen molar-refractivity contribution in [3.8, 4) is 11.4 Å². The first kappa shape index (κ1) is 25.0.